The fourth-order valence-electron chi connectivity index (χ4n) is 3.68. The van der Waals surface area contributed by atoms with Gasteiger partial charge in [0.1, 0.15) is 17.1 Å². The number of likely N-dealkylation sites (tertiary alicyclic amines) is 1. The molecule has 0 spiro atoms. The highest BCUT2D eigenvalue weighted by Gasteiger charge is 2.23. The average molecular weight is 375 g/mol. The van der Waals surface area contributed by atoms with E-state index in [1.165, 1.54) is 5.56 Å². The lowest BCUT2D eigenvalue weighted by molar-refractivity contribution is 0.0718. The van der Waals surface area contributed by atoms with Gasteiger partial charge in [0.25, 0.3) is 5.91 Å². The largest absolute Gasteiger partial charge is 0.494 e. The number of benzene rings is 2. The molecule has 4 rings (SSSR count). The number of aromatic nitrogens is 1. The van der Waals surface area contributed by atoms with E-state index >= 15 is 0 Å². The molecule has 1 aliphatic heterocycles. The van der Waals surface area contributed by atoms with Gasteiger partial charge in [-0.2, -0.15) is 0 Å². The van der Waals surface area contributed by atoms with E-state index < -0.39 is 0 Å². The van der Waals surface area contributed by atoms with Gasteiger partial charge in [0, 0.05) is 30.1 Å². The van der Waals surface area contributed by atoms with Crippen LogP contribution in [0.3, 0.4) is 0 Å². The van der Waals surface area contributed by atoms with Gasteiger partial charge in [0.2, 0.25) is 0 Å². The Bertz CT molecular complexity index is 977. The number of methoxy groups -OCH3 is 1. The number of pyridine rings is 1. The fourth-order valence-corrected chi connectivity index (χ4v) is 3.68. The van der Waals surface area contributed by atoms with E-state index in [0.717, 1.165) is 54.0 Å². The molecule has 1 saturated heterocycles. The van der Waals surface area contributed by atoms with Crippen molar-refractivity contribution in [1.82, 2.24) is 9.88 Å². The van der Waals surface area contributed by atoms with Crippen LogP contribution < -0.4 is 10.1 Å². The van der Waals surface area contributed by atoms with Crippen molar-refractivity contribution in [2.75, 3.05) is 25.5 Å². The zero-order valence-electron chi connectivity index (χ0n) is 16.3. The number of carbonyl (C=O) groups excluding carboxylic acids is 1. The smallest absolute Gasteiger partial charge is 0.253 e. The molecule has 1 N–H and O–H groups in total. The summed E-state index contributed by atoms with van der Waals surface area (Å²) in [5.74, 6) is 1.74. The minimum atomic E-state index is 0.118. The highest BCUT2D eigenvalue weighted by Crippen LogP contribution is 2.26. The zero-order valence-corrected chi connectivity index (χ0v) is 16.3. The first-order chi connectivity index (χ1) is 13.6. The maximum Gasteiger partial charge on any atom is 0.253 e. The molecule has 2 aromatic carbocycles. The lowest BCUT2D eigenvalue weighted by atomic mass is 10.0. The Kier molecular flexibility index (Phi) is 5.15. The number of hydrogen-bond acceptors (Lipinski definition) is 4. The van der Waals surface area contributed by atoms with Gasteiger partial charge in [0.05, 0.1) is 7.11 Å². The number of amides is 1. The van der Waals surface area contributed by atoms with Crippen LogP contribution in [-0.4, -0.2) is 42.0 Å². The SMILES string of the molecule is COc1cccc2ccc(NC3CCN(C(=O)c4ccc(C)cc4)CC3)nc12. The van der Waals surface area contributed by atoms with Crippen LogP contribution in [0.2, 0.25) is 0 Å². The highest BCUT2D eigenvalue weighted by molar-refractivity contribution is 5.94. The summed E-state index contributed by atoms with van der Waals surface area (Å²) in [6.45, 7) is 3.53. The number of nitrogens with one attached hydrogen (secondary N) is 1. The van der Waals surface area contributed by atoms with Gasteiger partial charge in [-0.05, 0) is 50.1 Å². The molecule has 0 radical (unpaired) electrons. The first kappa shape index (κ1) is 18.3. The second-order valence-corrected chi connectivity index (χ2v) is 7.31. The molecule has 0 saturated carbocycles. The molecule has 2 heterocycles. The van der Waals surface area contributed by atoms with Crippen molar-refractivity contribution < 1.29 is 9.53 Å². The van der Waals surface area contributed by atoms with Crippen LogP contribution in [0.4, 0.5) is 5.82 Å². The van der Waals surface area contributed by atoms with Gasteiger partial charge in [0.15, 0.2) is 0 Å². The van der Waals surface area contributed by atoms with Crippen molar-refractivity contribution in [3.8, 4) is 5.75 Å². The number of ether oxygens (including phenoxy) is 1. The number of fused-ring (bicyclic) bond motifs is 1. The Balaban J connectivity index is 1.40. The number of aryl methyl sites for hydroxylation is 1. The third-order valence-corrected chi connectivity index (χ3v) is 5.34. The Morgan fingerprint density at radius 3 is 2.54 bits per heavy atom. The molecule has 1 amide bonds. The lowest BCUT2D eigenvalue weighted by Crippen LogP contribution is -2.42. The average Bonchev–Trinajstić information content (AvgIpc) is 2.74. The number of rotatable bonds is 4. The maximum absolute atomic E-state index is 12.7. The first-order valence-corrected chi connectivity index (χ1v) is 9.70. The maximum atomic E-state index is 12.7. The van der Waals surface area contributed by atoms with E-state index in [1.54, 1.807) is 7.11 Å². The topological polar surface area (TPSA) is 54.5 Å². The van der Waals surface area contributed by atoms with Crippen molar-refractivity contribution in [3.63, 3.8) is 0 Å². The van der Waals surface area contributed by atoms with E-state index in [2.05, 4.69) is 11.4 Å². The second-order valence-electron chi connectivity index (χ2n) is 7.31. The molecule has 0 unspecified atom stereocenters. The van der Waals surface area contributed by atoms with Gasteiger partial charge in [-0.25, -0.2) is 4.98 Å². The van der Waals surface area contributed by atoms with E-state index in [4.69, 9.17) is 9.72 Å². The van der Waals surface area contributed by atoms with Crippen LogP contribution in [0.1, 0.15) is 28.8 Å². The van der Waals surface area contributed by atoms with Crippen LogP contribution in [0, 0.1) is 6.92 Å². The fraction of sp³-hybridized carbons (Fsp3) is 0.304. The molecule has 0 bridgehead atoms. The van der Waals surface area contributed by atoms with Gasteiger partial charge in [-0.1, -0.05) is 29.8 Å². The van der Waals surface area contributed by atoms with Crippen LogP contribution in [0.25, 0.3) is 10.9 Å². The minimum Gasteiger partial charge on any atom is -0.494 e. The van der Waals surface area contributed by atoms with E-state index in [1.807, 2.05) is 60.4 Å². The first-order valence-electron chi connectivity index (χ1n) is 9.70. The third-order valence-electron chi connectivity index (χ3n) is 5.34. The summed E-state index contributed by atoms with van der Waals surface area (Å²) in [4.78, 5) is 19.3. The number of hydrogen-bond donors (Lipinski definition) is 1. The van der Waals surface area contributed by atoms with Gasteiger partial charge < -0.3 is 15.0 Å². The monoisotopic (exact) mass is 375 g/mol. The van der Waals surface area contributed by atoms with Crippen molar-refractivity contribution in [2.24, 2.45) is 0 Å². The van der Waals surface area contributed by atoms with Crippen LogP contribution in [0.15, 0.2) is 54.6 Å². The predicted octanol–water partition coefficient (Wildman–Crippen LogP) is 4.27. The van der Waals surface area contributed by atoms with Crippen molar-refractivity contribution in [1.29, 1.82) is 0 Å². The van der Waals surface area contributed by atoms with Crippen LogP contribution in [0.5, 0.6) is 5.75 Å². The van der Waals surface area contributed by atoms with Crippen LogP contribution in [-0.2, 0) is 0 Å². The molecular formula is C23H25N3O2. The Labute approximate surface area is 165 Å². The molecule has 144 valence electrons. The number of para-hydroxylation sites is 1. The summed E-state index contributed by atoms with van der Waals surface area (Å²) in [5.41, 5.74) is 2.79. The Morgan fingerprint density at radius 2 is 1.82 bits per heavy atom. The normalized spacial score (nSPS) is 14.9. The second kappa shape index (κ2) is 7.89. The van der Waals surface area contributed by atoms with E-state index in [-0.39, 0.29) is 5.91 Å². The summed E-state index contributed by atoms with van der Waals surface area (Å²) in [6, 6.07) is 18.1. The summed E-state index contributed by atoms with van der Waals surface area (Å²) < 4.78 is 5.43. The standard InChI is InChI=1S/C23H25N3O2/c1-16-6-8-18(9-7-16)23(27)26-14-12-19(13-15-26)24-21-11-10-17-4-3-5-20(28-2)22(17)25-21/h3-11,19H,12-15H2,1-2H3,(H,24,25). The molecule has 1 fully saturated rings. The number of piperidine rings is 1. The lowest BCUT2D eigenvalue weighted by Gasteiger charge is -2.32. The molecule has 5 nitrogen and oxygen atoms in total. The van der Waals surface area contributed by atoms with E-state index in [9.17, 15) is 4.79 Å². The van der Waals surface area contributed by atoms with Gasteiger partial charge in [-0.3, -0.25) is 4.79 Å². The van der Waals surface area contributed by atoms with Gasteiger partial charge in [-0.15, -0.1) is 0 Å². The number of anilines is 1. The number of nitrogens with zero attached hydrogens (tertiary/aromatic N) is 2. The molecule has 0 atom stereocenters. The minimum absolute atomic E-state index is 0.118. The van der Waals surface area contributed by atoms with Crippen molar-refractivity contribution in [2.45, 2.75) is 25.8 Å². The van der Waals surface area contributed by atoms with Crippen molar-refractivity contribution >= 4 is 22.6 Å². The molecule has 3 aromatic rings. The summed E-state index contributed by atoms with van der Waals surface area (Å²) in [6.07, 6.45) is 1.81. The Morgan fingerprint density at radius 1 is 1.07 bits per heavy atom. The van der Waals surface area contributed by atoms with E-state index in [0.29, 0.717) is 6.04 Å². The molecule has 28 heavy (non-hydrogen) atoms. The molecule has 0 aliphatic carbocycles. The van der Waals surface area contributed by atoms with Crippen LogP contribution >= 0.6 is 0 Å². The van der Waals surface area contributed by atoms with Crippen molar-refractivity contribution in [3.05, 3.63) is 65.7 Å². The molecule has 1 aliphatic rings. The molecule has 1 aromatic heterocycles. The quantitative estimate of drug-likeness (QED) is 0.740. The molecule has 5 heteroatoms. The zero-order chi connectivity index (χ0) is 19.5. The summed E-state index contributed by atoms with van der Waals surface area (Å²) in [5, 5.41) is 4.59. The highest BCUT2D eigenvalue weighted by atomic mass is 16.5. The summed E-state index contributed by atoms with van der Waals surface area (Å²) in [7, 11) is 1.66. The molecular weight excluding hydrogens is 350 g/mol. The number of carbonyl (C=O) groups is 1. The van der Waals surface area contributed by atoms with Gasteiger partial charge >= 0.3 is 0 Å². The third kappa shape index (κ3) is 3.79. The Hall–Kier alpha value is -3.08. The predicted molar refractivity (Wildman–Crippen MR) is 112 cm³/mol. The summed E-state index contributed by atoms with van der Waals surface area (Å²) >= 11 is 0.